The summed E-state index contributed by atoms with van der Waals surface area (Å²) in [5.74, 6) is -0.716. The molecular formula is C12H16O2S. The summed E-state index contributed by atoms with van der Waals surface area (Å²) in [6.07, 6.45) is 0.966. The Balaban J connectivity index is 2.44. The summed E-state index contributed by atoms with van der Waals surface area (Å²) >= 11 is 1.74. The molecule has 0 saturated heterocycles. The molecule has 1 atom stereocenters. The van der Waals surface area contributed by atoms with Crippen LogP contribution < -0.4 is 0 Å². The van der Waals surface area contributed by atoms with Gasteiger partial charge in [0.2, 0.25) is 0 Å². The van der Waals surface area contributed by atoms with Gasteiger partial charge in [-0.25, -0.2) is 0 Å². The van der Waals surface area contributed by atoms with Crippen LogP contribution in [0.1, 0.15) is 25.3 Å². The Bertz CT molecular complexity index is 336. The predicted molar refractivity (Wildman–Crippen MR) is 63.4 cm³/mol. The lowest BCUT2D eigenvalue weighted by Crippen LogP contribution is -2.02. The molecule has 0 amide bonds. The zero-order valence-electron chi connectivity index (χ0n) is 9.06. The molecule has 0 aliphatic rings. The van der Waals surface area contributed by atoms with Crippen molar-refractivity contribution in [1.82, 2.24) is 0 Å². The zero-order valence-corrected chi connectivity index (χ0v) is 9.88. The third-order valence-corrected chi connectivity index (χ3v) is 3.26. The molecule has 0 aliphatic heterocycles. The molecule has 0 spiro atoms. The highest BCUT2D eigenvalue weighted by molar-refractivity contribution is 7.99. The van der Waals surface area contributed by atoms with Crippen LogP contribution in [0.3, 0.4) is 0 Å². The second-order valence-electron chi connectivity index (χ2n) is 3.68. The van der Waals surface area contributed by atoms with E-state index in [4.69, 9.17) is 5.11 Å². The Labute approximate surface area is 94.7 Å². The molecule has 1 rings (SSSR count). The smallest absolute Gasteiger partial charge is 0.303 e. The molecule has 82 valence electrons. The summed E-state index contributed by atoms with van der Waals surface area (Å²) in [4.78, 5) is 11.6. The van der Waals surface area contributed by atoms with Crippen LogP contribution in [0.15, 0.2) is 29.2 Å². The van der Waals surface area contributed by atoms with Gasteiger partial charge in [0.05, 0.1) is 0 Å². The summed E-state index contributed by atoms with van der Waals surface area (Å²) in [7, 11) is 0. The maximum Gasteiger partial charge on any atom is 0.303 e. The van der Waals surface area contributed by atoms with Gasteiger partial charge in [-0.1, -0.05) is 24.6 Å². The molecule has 3 heteroatoms. The average molecular weight is 224 g/mol. The van der Waals surface area contributed by atoms with Crippen molar-refractivity contribution in [3.8, 4) is 0 Å². The van der Waals surface area contributed by atoms with Gasteiger partial charge in [-0.2, -0.15) is 0 Å². The predicted octanol–water partition coefficient (Wildman–Crippen LogP) is 3.34. The number of carboxylic acid groups (broad SMARTS) is 1. The van der Waals surface area contributed by atoms with E-state index in [-0.39, 0.29) is 6.42 Å². The molecule has 0 radical (unpaired) electrons. The van der Waals surface area contributed by atoms with Gasteiger partial charge in [-0.3, -0.25) is 4.79 Å². The maximum absolute atomic E-state index is 10.4. The Kier molecular flexibility index (Phi) is 4.69. The fourth-order valence-corrected chi connectivity index (χ4v) is 2.42. The van der Waals surface area contributed by atoms with Crippen LogP contribution in [0, 0.1) is 6.92 Å². The van der Waals surface area contributed by atoms with Gasteiger partial charge in [0.15, 0.2) is 0 Å². The number of benzene rings is 1. The molecule has 1 N–H and O–H groups in total. The van der Waals surface area contributed by atoms with E-state index in [1.165, 1.54) is 10.5 Å². The van der Waals surface area contributed by atoms with Gasteiger partial charge in [0.1, 0.15) is 0 Å². The number of rotatable bonds is 5. The molecule has 0 saturated carbocycles. The summed E-state index contributed by atoms with van der Waals surface area (Å²) in [6, 6.07) is 8.28. The normalized spacial score (nSPS) is 12.4. The van der Waals surface area contributed by atoms with Crippen LogP contribution in [0.2, 0.25) is 0 Å². The van der Waals surface area contributed by atoms with Gasteiger partial charge in [-0.15, -0.1) is 11.8 Å². The van der Waals surface area contributed by atoms with E-state index in [1.807, 2.05) is 6.07 Å². The standard InChI is InChI=1S/C12H16O2S/c1-9-4-3-5-11(8-9)15-10(2)6-7-12(13)14/h3-5,8,10H,6-7H2,1-2H3,(H,13,14). The van der Waals surface area contributed by atoms with Crippen LogP contribution in [0.5, 0.6) is 0 Å². The van der Waals surface area contributed by atoms with Crippen LogP contribution in [0.4, 0.5) is 0 Å². The Morgan fingerprint density at radius 1 is 1.53 bits per heavy atom. The SMILES string of the molecule is Cc1cccc(SC(C)CCC(=O)O)c1. The molecule has 0 heterocycles. The maximum atomic E-state index is 10.4. The number of aliphatic carboxylic acids is 1. The molecule has 0 aromatic heterocycles. The van der Waals surface area contributed by atoms with E-state index in [0.29, 0.717) is 11.7 Å². The topological polar surface area (TPSA) is 37.3 Å². The van der Waals surface area contributed by atoms with E-state index in [9.17, 15) is 4.79 Å². The molecule has 1 aromatic carbocycles. The Morgan fingerprint density at radius 2 is 2.27 bits per heavy atom. The first-order chi connectivity index (χ1) is 7.08. The van der Waals surface area contributed by atoms with Crippen LogP contribution in [-0.2, 0) is 4.79 Å². The van der Waals surface area contributed by atoms with E-state index in [2.05, 4.69) is 32.0 Å². The second kappa shape index (κ2) is 5.81. The van der Waals surface area contributed by atoms with Gasteiger partial charge in [0, 0.05) is 16.6 Å². The lowest BCUT2D eigenvalue weighted by molar-refractivity contribution is -0.137. The van der Waals surface area contributed by atoms with Crippen molar-refractivity contribution in [3.63, 3.8) is 0 Å². The van der Waals surface area contributed by atoms with Crippen molar-refractivity contribution in [2.24, 2.45) is 0 Å². The lowest BCUT2D eigenvalue weighted by atomic mass is 10.2. The second-order valence-corrected chi connectivity index (χ2v) is 5.19. The molecule has 0 aliphatic carbocycles. The van der Waals surface area contributed by atoms with Crippen molar-refractivity contribution in [2.75, 3.05) is 0 Å². The summed E-state index contributed by atoms with van der Waals surface area (Å²) in [5, 5.41) is 8.91. The number of carboxylic acids is 1. The first-order valence-electron chi connectivity index (χ1n) is 5.03. The first-order valence-corrected chi connectivity index (χ1v) is 5.91. The van der Waals surface area contributed by atoms with Crippen LogP contribution in [0.25, 0.3) is 0 Å². The third kappa shape index (κ3) is 4.88. The molecule has 1 unspecified atom stereocenters. The van der Waals surface area contributed by atoms with E-state index in [1.54, 1.807) is 11.8 Å². The van der Waals surface area contributed by atoms with Crippen molar-refractivity contribution in [3.05, 3.63) is 29.8 Å². The highest BCUT2D eigenvalue weighted by atomic mass is 32.2. The summed E-state index contributed by atoms with van der Waals surface area (Å²) in [6.45, 7) is 4.13. The number of hydrogen-bond acceptors (Lipinski definition) is 2. The molecule has 1 aromatic rings. The zero-order chi connectivity index (χ0) is 11.3. The molecule has 0 fully saturated rings. The van der Waals surface area contributed by atoms with E-state index >= 15 is 0 Å². The number of aryl methyl sites for hydroxylation is 1. The molecule has 2 nitrogen and oxygen atoms in total. The lowest BCUT2D eigenvalue weighted by Gasteiger charge is -2.09. The highest BCUT2D eigenvalue weighted by Gasteiger charge is 2.06. The molecule has 15 heavy (non-hydrogen) atoms. The van der Waals surface area contributed by atoms with Crippen molar-refractivity contribution in [2.45, 2.75) is 36.8 Å². The van der Waals surface area contributed by atoms with E-state index < -0.39 is 5.97 Å². The summed E-state index contributed by atoms with van der Waals surface area (Å²) in [5.41, 5.74) is 1.24. The molecule has 0 bridgehead atoms. The van der Waals surface area contributed by atoms with Crippen LogP contribution >= 0.6 is 11.8 Å². The van der Waals surface area contributed by atoms with E-state index in [0.717, 1.165) is 0 Å². The van der Waals surface area contributed by atoms with Crippen molar-refractivity contribution < 1.29 is 9.90 Å². The Morgan fingerprint density at radius 3 is 2.87 bits per heavy atom. The summed E-state index contributed by atoms with van der Waals surface area (Å²) < 4.78 is 0. The Hall–Kier alpha value is -0.960. The van der Waals surface area contributed by atoms with Gasteiger partial charge < -0.3 is 5.11 Å². The number of thioether (sulfide) groups is 1. The van der Waals surface area contributed by atoms with Gasteiger partial charge >= 0.3 is 5.97 Å². The monoisotopic (exact) mass is 224 g/mol. The quantitative estimate of drug-likeness (QED) is 0.779. The minimum Gasteiger partial charge on any atom is -0.481 e. The average Bonchev–Trinajstić information content (AvgIpc) is 2.15. The minimum absolute atomic E-state index is 0.250. The highest BCUT2D eigenvalue weighted by Crippen LogP contribution is 2.26. The fraction of sp³-hybridized carbons (Fsp3) is 0.417. The van der Waals surface area contributed by atoms with Crippen molar-refractivity contribution in [1.29, 1.82) is 0 Å². The first kappa shape index (κ1) is 12.1. The van der Waals surface area contributed by atoms with Gasteiger partial charge in [0.25, 0.3) is 0 Å². The van der Waals surface area contributed by atoms with Crippen LogP contribution in [-0.4, -0.2) is 16.3 Å². The number of carbonyl (C=O) groups is 1. The number of hydrogen-bond donors (Lipinski definition) is 1. The molecular weight excluding hydrogens is 208 g/mol. The van der Waals surface area contributed by atoms with Crippen molar-refractivity contribution >= 4 is 17.7 Å². The van der Waals surface area contributed by atoms with Gasteiger partial charge in [-0.05, 0) is 25.5 Å². The fourth-order valence-electron chi connectivity index (χ4n) is 1.31. The third-order valence-electron chi connectivity index (χ3n) is 2.09. The largest absolute Gasteiger partial charge is 0.481 e. The minimum atomic E-state index is -0.716.